The number of alkyl halides is 2. The molecule has 0 aromatic rings. The Kier molecular flexibility index (Phi) is 7.09. The minimum Gasteiger partial charge on any atom is -0.460 e. The minimum absolute atomic E-state index is 0.110. The summed E-state index contributed by atoms with van der Waals surface area (Å²) < 4.78 is 8.62. The Hall–Kier alpha value is -0.400. The highest BCUT2D eigenvalue weighted by atomic mass is 79.9. The van der Waals surface area contributed by atoms with Crippen LogP contribution in [-0.2, 0) is 19.1 Å². The molecule has 0 heterocycles. The fraction of sp³-hybridized carbons (Fsp3) is 0.636. The van der Waals surface area contributed by atoms with Crippen LogP contribution in [0.1, 0.15) is 20.8 Å². The van der Waals surface area contributed by atoms with E-state index in [4.69, 9.17) is 9.84 Å². The molecule has 0 aliphatic rings. The van der Waals surface area contributed by atoms with Gasteiger partial charge in [0.1, 0.15) is 6.61 Å². The van der Waals surface area contributed by atoms with Crippen molar-refractivity contribution in [2.45, 2.75) is 24.2 Å². The van der Waals surface area contributed by atoms with Crippen LogP contribution < -0.4 is 0 Å². The Morgan fingerprint density at radius 3 is 2.11 bits per heavy atom. The molecule has 0 rings (SSSR count). The highest BCUT2D eigenvalue weighted by Crippen LogP contribution is 2.44. The normalized spacial score (nSPS) is 12.6. The number of carbonyl (C=O) groups is 2. The van der Waals surface area contributed by atoms with Crippen molar-refractivity contribution in [1.82, 2.24) is 0 Å². The van der Waals surface area contributed by atoms with E-state index >= 15 is 0 Å². The number of aliphatic hydroxyl groups excluding tert-OH is 1. The average molecular weight is 388 g/mol. The van der Waals surface area contributed by atoms with Gasteiger partial charge >= 0.3 is 11.9 Å². The van der Waals surface area contributed by atoms with Crippen molar-refractivity contribution in [2.75, 3.05) is 13.2 Å². The summed E-state index contributed by atoms with van der Waals surface area (Å²) in [6, 6.07) is 0. The van der Waals surface area contributed by atoms with Gasteiger partial charge in [0.25, 0.3) is 0 Å². The van der Waals surface area contributed by atoms with Gasteiger partial charge < -0.3 is 14.6 Å². The third kappa shape index (κ3) is 6.51. The molecule has 0 aliphatic heterocycles. The van der Waals surface area contributed by atoms with E-state index in [9.17, 15) is 9.59 Å². The fourth-order valence-corrected chi connectivity index (χ4v) is 0.963. The van der Waals surface area contributed by atoms with Gasteiger partial charge in [-0.15, -0.1) is 0 Å². The van der Waals surface area contributed by atoms with Crippen molar-refractivity contribution < 1.29 is 24.2 Å². The number of hydrogen-bond acceptors (Lipinski definition) is 5. The molecule has 0 bridgehead atoms. The maximum atomic E-state index is 11.5. The Balaban J connectivity index is 4.36. The van der Waals surface area contributed by atoms with E-state index < -0.39 is 15.4 Å². The highest BCUT2D eigenvalue weighted by Gasteiger charge is 2.40. The number of halogens is 2. The van der Waals surface area contributed by atoms with Crippen molar-refractivity contribution in [1.29, 1.82) is 0 Å². The van der Waals surface area contributed by atoms with Crippen molar-refractivity contribution in [3.8, 4) is 0 Å². The molecule has 0 aliphatic carbocycles. The quantitative estimate of drug-likeness (QED) is 0.444. The topological polar surface area (TPSA) is 72.8 Å². The van der Waals surface area contributed by atoms with Crippen LogP contribution in [0.5, 0.6) is 0 Å². The lowest BCUT2D eigenvalue weighted by Crippen LogP contribution is -2.35. The summed E-state index contributed by atoms with van der Waals surface area (Å²) in [6.07, 6.45) is 1.90. The van der Waals surface area contributed by atoms with Crippen LogP contribution in [0.25, 0.3) is 0 Å². The lowest BCUT2D eigenvalue weighted by Gasteiger charge is -2.33. The molecule has 7 heteroatoms. The Labute approximate surface area is 123 Å². The second-order valence-corrected chi connectivity index (χ2v) is 7.71. The first-order valence-electron chi connectivity index (χ1n) is 5.16. The van der Waals surface area contributed by atoms with E-state index in [2.05, 4.69) is 36.6 Å². The molecule has 0 fully saturated rings. The molecule has 18 heavy (non-hydrogen) atoms. The van der Waals surface area contributed by atoms with Crippen molar-refractivity contribution in [2.24, 2.45) is 5.41 Å². The van der Waals surface area contributed by atoms with Gasteiger partial charge in [-0.25, -0.2) is 9.59 Å². The molecule has 0 spiro atoms. The lowest BCUT2D eigenvalue weighted by atomic mass is 9.98. The molecule has 0 atom stereocenters. The van der Waals surface area contributed by atoms with E-state index in [-0.39, 0.29) is 18.6 Å². The Bertz CT molecular complexity index is 331. The van der Waals surface area contributed by atoms with E-state index in [0.717, 1.165) is 12.2 Å². The smallest absolute Gasteiger partial charge is 0.333 e. The van der Waals surface area contributed by atoms with Gasteiger partial charge in [-0.05, 0) is 31.9 Å². The first-order valence-corrected chi connectivity index (χ1v) is 6.75. The van der Waals surface area contributed by atoms with Gasteiger partial charge in [0, 0.05) is 17.6 Å². The number of rotatable bonds is 5. The van der Waals surface area contributed by atoms with E-state index in [1.165, 1.54) is 0 Å². The van der Waals surface area contributed by atoms with Crippen LogP contribution in [-0.4, -0.2) is 33.7 Å². The van der Waals surface area contributed by atoms with E-state index in [0.29, 0.717) is 0 Å². The molecule has 0 radical (unpaired) electrons. The molecule has 0 unspecified atom stereocenters. The second kappa shape index (κ2) is 7.25. The molecule has 0 aromatic carbocycles. The van der Waals surface area contributed by atoms with Crippen LogP contribution in [0.2, 0.25) is 0 Å². The van der Waals surface area contributed by atoms with Gasteiger partial charge in [-0.2, -0.15) is 0 Å². The van der Waals surface area contributed by atoms with Crippen molar-refractivity contribution in [3.05, 3.63) is 12.2 Å². The molecule has 1 N–H and O–H groups in total. The summed E-state index contributed by atoms with van der Waals surface area (Å²) >= 11 is 6.49. The van der Waals surface area contributed by atoms with Gasteiger partial charge in [-0.1, -0.05) is 20.8 Å². The van der Waals surface area contributed by atoms with Crippen LogP contribution in [0.3, 0.4) is 0 Å². The second-order valence-electron chi connectivity index (χ2n) is 4.41. The predicted octanol–water partition coefficient (Wildman–Crippen LogP) is 2.11. The molecular weight excluding hydrogens is 372 g/mol. The number of esters is 2. The summed E-state index contributed by atoms with van der Waals surface area (Å²) in [5, 5.41) is 8.43. The average Bonchev–Trinajstić information content (AvgIpc) is 2.21. The lowest BCUT2D eigenvalue weighted by molar-refractivity contribution is -0.145. The minimum atomic E-state index is -1.02. The van der Waals surface area contributed by atoms with Crippen LogP contribution in [0.4, 0.5) is 0 Å². The zero-order valence-electron chi connectivity index (χ0n) is 10.4. The van der Waals surface area contributed by atoms with Crippen molar-refractivity contribution in [3.63, 3.8) is 0 Å². The maximum absolute atomic E-state index is 11.5. The zero-order chi connectivity index (χ0) is 14.4. The first kappa shape index (κ1) is 17.6. The molecule has 0 aromatic heterocycles. The van der Waals surface area contributed by atoms with Gasteiger partial charge in [-0.3, -0.25) is 0 Å². The molecule has 0 saturated carbocycles. The SMILES string of the molecule is CC(C)(C)C(Br)(Br)OC(=O)/C=C/C(=O)OCCO. The predicted molar refractivity (Wildman–Crippen MR) is 73.3 cm³/mol. The Morgan fingerprint density at radius 1 is 1.17 bits per heavy atom. The van der Waals surface area contributed by atoms with E-state index in [1.807, 2.05) is 20.8 Å². The molecule has 0 saturated heterocycles. The number of carbonyl (C=O) groups excluding carboxylic acids is 2. The zero-order valence-corrected chi connectivity index (χ0v) is 13.6. The van der Waals surface area contributed by atoms with Crippen LogP contribution >= 0.6 is 31.9 Å². The molecule has 0 amide bonds. The van der Waals surface area contributed by atoms with Crippen molar-refractivity contribution >= 4 is 43.8 Å². The number of hydrogen-bond donors (Lipinski definition) is 1. The first-order chi connectivity index (χ1) is 8.10. The fourth-order valence-electron chi connectivity index (χ4n) is 0.644. The summed E-state index contributed by atoms with van der Waals surface area (Å²) in [5.74, 6) is -1.41. The summed E-state index contributed by atoms with van der Waals surface area (Å²) in [4.78, 5) is 22.5. The highest BCUT2D eigenvalue weighted by molar-refractivity contribution is 9.25. The largest absolute Gasteiger partial charge is 0.460 e. The van der Waals surface area contributed by atoms with Crippen LogP contribution in [0, 0.1) is 5.41 Å². The summed E-state index contributed by atoms with van der Waals surface area (Å²) in [6.45, 7) is 5.22. The van der Waals surface area contributed by atoms with Crippen LogP contribution in [0.15, 0.2) is 12.2 Å². The third-order valence-electron chi connectivity index (χ3n) is 1.79. The molecule has 5 nitrogen and oxygen atoms in total. The van der Waals surface area contributed by atoms with Gasteiger partial charge in [0.2, 0.25) is 3.42 Å². The number of aliphatic hydroxyl groups is 1. The standard InChI is InChI=1S/C11H16Br2O5/c1-10(2,3)11(12,13)18-9(16)5-4-8(15)17-7-6-14/h4-5,14H,6-7H2,1-3H3/b5-4+. The summed E-state index contributed by atoms with van der Waals surface area (Å²) in [7, 11) is 0. The monoisotopic (exact) mass is 386 g/mol. The number of ether oxygens (including phenoxy) is 2. The van der Waals surface area contributed by atoms with Gasteiger partial charge in [0.15, 0.2) is 0 Å². The van der Waals surface area contributed by atoms with E-state index in [1.54, 1.807) is 0 Å². The summed E-state index contributed by atoms with van der Waals surface area (Å²) in [5.41, 5.74) is -0.381. The third-order valence-corrected chi connectivity index (χ3v) is 4.50. The maximum Gasteiger partial charge on any atom is 0.333 e. The van der Waals surface area contributed by atoms with Gasteiger partial charge in [0.05, 0.1) is 6.61 Å². The molecule has 104 valence electrons. The molecular formula is C11H16Br2O5. The Morgan fingerprint density at radius 2 is 1.67 bits per heavy atom.